The fourth-order valence-electron chi connectivity index (χ4n) is 1.41. The van der Waals surface area contributed by atoms with Crippen LogP contribution >= 0.6 is 0 Å². The van der Waals surface area contributed by atoms with Crippen molar-refractivity contribution in [3.63, 3.8) is 0 Å². The van der Waals surface area contributed by atoms with Gasteiger partial charge in [0.05, 0.1) is 6.42 Å². The van der Waals surface area contributed by atoms with E-state index in [1.54, 1.807) is 20.8 Å². The predicted molar refractivity (Wildman–Crippen MR) is 66.5 cm³/mol. The maximum atomic E-state index is 11.7. The maximum Gasteiger partial charge on any atom is 0.408 e. The molecule has 0 bridgehead atoms. The van der Waals surface area contributed by atoms with Crippen LogP contribution in [0.15, 0.2) is 0 Å². The van der Waals surface area contributed by atoms with E-state index in [2.05, 4.69) is 5.32 Å². The van der Waals surface area contributed by atoms with Gasteiger partial charge < -0.3 is 14.8 Å². The second-order valence-corrected chi connectivity index (χ2v) is 5.41. The third-order valence-corrected chi connectivity index (χ3v) is 2.27. The number of amides is 3. The van der Waals surface area contributed by atoms with Gasteiger partial charge in [-0.3, -0.25) is 14.9 Å². The highest BCUT2D eigenvalue weighted by atomic mass is 16.6. The zero-order valence-electron chi connectivity index (χ0n) is 11.8. The molecule has 1 aliphatic rings. The smallest absolute Gasteiger partial charge is 0.408 e. The van der Waals surface area contributed by atoms with E-state index in [9.17, 15) is 19.2 Å². The Bertz CT molecular complexity index is 440. The van der Waals surface area contributed by atoms with E-state index in [0.717, 1.165) is 0 Å². The van der Waals surface area contributed by atoms with Crippen molar-refractivity contribution in [1.29, 1.82) is 0 Å². The lowest BCUT2D eigenvalue weighted by atomic mass is 10.2. The molecule has 2 atom stereocenters. The minimum Gasteiger partial charge on any atom is -0.450 e. The molecule has 1 aliphatic heterocycles. The normalized spacial score (nSPS) is 20.1. The lowest BCUT2D eigenvalue weighted by Crippen LogP contribution is -2.44. The fourth-order valence-corrected chi connectivity index (χ4v) is 1.41. The Kier molecular flexibility index (Phi) is 4.69. The molecule has 0 aromatic carbocycles. The van der Waals surface area contributed by atoms with Crippen LogP contribution in [0.4, 0.5) is 4.79 Å². The third kappa shape index (κ3) is 4.87. The highest BCUT2D eigenvalue weighted by Crippen LogP contribution is 2.09. The fraction of sp³-hybridized carbons (Fsp3) is 0.667. The maximum absolute atomic E-state index is 11.7. The summed E-state index contributed by atoms with van der Waals surface area (Å²) in [6.07, 6.45) is -2.12. The summed E-state index contributed by atoms with van der Waals surface area (Å²) in [4.78, 5) is 45.3. The van der Waals surface area contributed by atoms with E-state index < -0.39 is 41.6 Å². The molecule has 8 nitrogen and oxygen atoms in total. The second-order valence-electron chi connectivity index (χ2n) is 5.41. The zero-order chi connectivity index (χ0) is 15.5. The van der Waals surface area contributed by atoms with Gasteiger partial charge in [-0.2, -0.15) is 0 Å². The number of hydrogen-bond donors (Lipinski definition) is 2. The number of alkyl carbamates (subject to hydrolysis) is 1. The monoisotopic (exact) mass is 286 g/mol. The Morgan fingerprint density at radius 2 is 1.95 bits per heavy atom. The Morgan fingerprint density at radius 3 is 2.40 bits per heavy atom. The molecular weight excluding hydrogens is 268 g/mol. The van der Waals surface area contributed by atoms with Gasteiger partial charge in [0.25, 0.3) is 5.91 Å². The zero-order valence-corrected chi connectivity index (χ0v) is 11.8. The number of imide groups is 1. The number of rotatable bonds is 3. The van der Waals surface area contributed by atoms with Crippen LogP contribution < -0.4 is 10.6 Å². The number of ether oxygens (including phenoxy) is 2. The van der Waals surface area contributed by atoms with Gasteiger partial charge in [0.2, 0.25) is 5.91 Å². The van der Waals surface area contributed by atoms with Crippen LogP contribution in [-0.2, 0) is 23.9 Å². The molecule has 1 rings (SSSR count). The van der Waals surface area contributed by atoms with Crippen LogP contribution in [0.3, 0.4) is 0 Å². The lowest BCUT2D eigenvalue weighted by molar-refractivity contribution is -0.155. The summed E-state index contributed by atoms with van der Waals surface area (Å²) in [5, 5.41) is 4.30. The van der Waals surface area contributed by atoms with E-state index in [4.69, 9.17) is 9.47 Å². The topological polar surface area (TPSA) is 111 Å². The van der Waals surface area contributed by atoms with Gasteiger partial charge in [-0.05, 0) is 27.7 Å². The minimum atomic E-state index is -1.14. The molecule has 0 aromatic rings. The first-order valence-corrected chi connectivity index (χ1v) is 6.12. The molecule has 8 heteroatoms. The van der Waals surface area contributed by atoms with Crippen LogP contribution in [0.5, 0.6) is 0 Å². The largest absolute Gasteiger partial charge is 0.450 e. The summed E-state index contributed by atoms with van der Waals surface area (Å²) < 4.78 is 9.82. The molecule has 0 aromatic heterocycles. The molecular formula is C12H18N2O6. The number of nitrogens with one attached hydrogen (secondary N) is 2. The van der Waals surface area contributed by atoms with Gasteiger partial charge in [0.15, 0.2) is 6.10 Å². The van der Waals surface area contributed by atoms with Crippen molar-refractivity contribution in [1.82, 2.24) is 10.6 Å². The van der Waals surface area contributed by atoms with E-state index >= 15 is 0 Å². The van der Waals surface area contributed by atoms with Crippen molar-refractivity contribution in [3.8, 4) is 0 Å². The van der Waals surface area contributed by atoms with E-state index in [1.165, 1.54) is 6.92 Å². The average Bonchev–Trinajstić information content (AvgIpc) is 2.54. The first-order valence-electron chi connectivity index (χ1n) is 6.12. The molecule has 0 radical (unpaired) electrons. The molecule has 1 saturated heterocycles. The summed E-state index contributed by atoms with van der Waals surface area (Å²) in [5.41, 5.74) is -0.689. The molecule has 1 heterocycles. The molecule has 1 fully saturated rings. The molecule has 0 aliphatic carbocycles. The van der Waals surface area contributed by atoms with Crippen LogP contribution in [-0.4, -0.2) is 41.6 Å². The molecule has 112 valence electrons. The molecule has 20 heavy (non-hydrogen) atoms. The molecule has 0 unspecified atom stereocenters. The lowest BCUT2D eigenvalue weighted by Gasteiger charge is -2.21. The van der Waals surface area contributed by atoms with Crippen molar-refractivity contribution in [2.45, 2.75) is 51.9 Å². The highest BCUT2D eigenvalue weighted by molar-refractivity contribution is 6.05. The van der Waals surface area contributed by atoms with Gasteiger partial charge in [-0.25, -0.2) is 9.59 Å². The first kappa shape index (κ1) is 15.9. The third-order valence-electron chi connectivity index (χ3n) is 2.27. The van der Waals surface area contributed by atoms with Gasteiger partial charge in [-0.15, -0.1) is 0 Å². The average molecular weight is 286 g/mol. The summed E-state index contributed by atoms with van der Waals surface area (Å²) >= 11 is 0. The Morgan fingerprint density at radius 1 is 1.35 bits per heavy atom. The molecule has 2 N–H and O–H groups in total. The Hall–Kier alpha value is -2.12. The number of carbonyl (C=O) groups excluding carboxylic acids is 4. The summed E-state index contributed by atoms with van der Waals surface area (Å²) in [6.45, 7) is 6.44. The van der Waals surface area contributed by atoms with Gasteiger partial charge in [0.1, 0.15) is 11.6 Å². The Labute approximate surface area is 116 Å². The summed E-state index contributed by atoms with van der Waals surface area (Å²) in [6, 6.07) is -0.992. The van der Waals surface area contributed by atoms with Crippen LogP contribution in [0, 0.1) is 0 Å². The second kappa shape index (κ2) is 5.89. The SMILES string of the molecule is C[C@H](NC(=O)OC(C)(C)C)C(=O)O[C@H]1CC(=O)NC1=O. The molecule has 0 saturated carbocycles. The van der Waals surface area contributed by atoms with E-state index in [0.29, 0.717) is 0 Å². The number of carbonyl (C=O) groups is 4. The standard InChI is InChI=1S/C12H18N2O6/c1-6(13-11(18)20-12(2,3)4)10(17)19-7-5-8(15)14-9(7)16/h6-7H,5H2,1-4H3,(H,13,18)(H,14,15,16)/t6-,7-/m0/s1. The quantitative estimate of drug-likeness (QED) is 0.551. The van der Waals surface area contributed by atoms with Crippen LogP contribution in [0.2, 0.25) is 0 Å². The van der Waals surface area contributed by atoms with Gasteiger partial charge in [-0.1, -0.05) is 0 Å². The van der Waals surface area contributed by atoms with Crippen LogP contribution in [0.1, 0.15) is 34.1 Å². The van der Waals surface area contributed by atoms with Gasteiger partial charge in [0, 0.05) is 0 Å². The van der Waals surface area contributed by atoms with Crippen molar-refractivity contribution < 1.29 is 28.7 Å². The highest BCUT2D eigenvalue weighted by Gasteiger charge is 2.35. The van der Waals surface area contributed by atoms with Crippen molar-refractivity contribution in [2.24, 2.45) is 0 Å². The predicted octanol–water partition coefficient (Wildman–Crippen LogP) is -0.142. The minimum absolute atomic E-state index is 0.205. The van der Waals surface area contributed by atoms with Crippen LogP contribution in [0.25, 0.3) is 0 Å². The summed E-state index contributed by atoms with van der Waals surface area (Å²) in [5.74, 6) is -1.97. The first-order chi connectivity index (χ1) is 9.08. The van der Waals surface area contributed by atoms with Crippen molar-refractivity contribution in [2.75, 3.05) is 0 Å². The van der Waals surface area contributed by atoms with Crippen molar-refractivity contribution >= 4 is 23.9 Å². The van der Waals surface area contributed by atoms with Gasteiger partial charge >= 0.3 is 12.1 Å². The molecule has 3 amide bonds. The van der Waals surface area contributed by atoms with Crippen molar-refractivity contribution in [3.05, 3.63) is 0 Å². The molecule has 0 spiro atoms. The number of esters is 1. The summed E-state index contributed by atoms with van der Waals surface area (Å²) in [7, 11) is 0. The van der Waals surface area contributed by atoms with E-state index in [1.807, 2.05) is 5.32 Å². The Balaban J connectivity index is 2.45. The number of hydrogen-bond acceptors (Lipinski definition) is 6. The van der Waals surface area contributed by atoms with E-state index in [-0.39, 0.29) is 6.42 Å².